The summed E-state index contributed by atoms with van der Waals surface area (Å²) in [5, 5.41) is 2.64. The van der Waals surface area contributed by atoms with Crippen LogP contribution in [0, 0.1) is 0 Å². The Kier molecular flexibility index (Phi) is 4.39. The van der Waals surface area contributed by atoms with Crippen molar-refractivity contribution in [3.63, 3.8) is 0 Å². The molecule has 2 aliphatic rings. The topological polar surface area (TPSA) is 6.48 Å². The molecule has 0 amide bonds. The quantitative estimate of drug-likeness (QED) is 0.233. The minimum atomic E-state index is 0.911. The lowest BCUT2D eigenvalue weighted by Gasteiger charge is -2.42. The van der Waals surface area contributed by atoms with Crippen LogP contribution in [0.4, 0.5) is 34.1 Å². The van der Waals surface area contributed by atoms with E-state index in [0.717, 1.165) is 22.3 Å². The zero-order valence-corrected chi connectivity index (χ0v) is 20.0. The third-order valence-corrected chi connectivity index (χ3v) is 7.28. The van der Waals surface area contributed by atoms with Gasteiger partial charge in [0.1, 0.15) is 0 Å². The van der Waals surface area contributed by atoms with Crippen LogP contribution in [0.25, 0.3) is 16.8 Å². The smallest absolute Gasteiger partial charge is 0.0745 e. The second-order valence-corrected chi connectivity index (χ2v) is 9.67. The normalized spacial score (nSPS) is 13.7. The summed E-state index contributed by atoms with van der Waals surface area (Å²) in [7, 11) is 0. The fraction of sp³-hybridized carbons (Fsp3) is 0.0323. The van der Waals surface area contributed by atoms with Gasteiger partial charge in [0.25, 0.3) is 0 Å². The molecular weight excluding hydrogens is 480 g/mol. The molecule has 1 heterocycles. The molecule has 162 valence electrons. The summed E-state index contributed by atoms with van der Waals surface area (Å²) in [6.07, 6.45) is 5.47. The Balaban J connectivity index is 1.64. The number of hydrogen-bond donors (Lipinski definition) is 0. The molecule has 0 atom stereocenters. The molecule has 0 fully saturated rings. The molecule has 7 rings (SSSR count). The summed E-state index contributed by atoms with van der Waals surface area (Å²) in [6, 6.07) is 37.0. The summed E-state index contributed by atoms with van der Waals surface area (Å²) in [5.41, 5.74) is 9.79. The maximum atomic E-state index is 3.74. The van der Waals surface area contributed by atoms with Crippen LogP contribution >= 0.6 is 15.9 Å². The molecule has 0 saturated carbocycles. The fourth-order valence-corrected chi connectivity index (χ4v) is 5.77. The Bertz CT molecular complexity index is 1590. The molecular formula is C31H21BrN2. The van der Waals surface area contributed by atoms with Crippen LogP contribution in [-0.4, -0.2) is 0 Å². The van der Waals surface area contributed by atoms with E-state index in [1.165, 1.54) is 44.6 Å². The van der Waals surface area contributed by atoms with Gasteiger partial charge >= 0.3 is 0 Å². The van der Waals surface area contributed by atoms with Crippen molar-refractivity contribution in [3.05, 3.63) is 125 Å². The first-order valence-corrected chi connectivity index (χ1v) is 12.3. The van der Waals surface area contributed by atoms with E-state index in [0.29, 0.717) is 0 Å². The Labute approximate surface area is 207 Å². The van der Waals surface area contributed by atoms with Gasteiger partial charge in [-0.15, -0.1) is 0 Å². The fourth-order valence-electron chi connectivity index (χ4n) is 5.42. The van der Waals surface area contributed by atoms with Crippen molar-refractivity contribution in [3.8, 4) is 0 Å². The van der Waals surface area contributed by atoms with Gasteiger partial charge in [0.2, 0.25) is 0 Å². The molecule has 5 aromatic rings. The maximum Gasteiger partial charge on any atom is 0.0745 e. The predicted octanol–water partition coefficient (Wildman–Crippen LogP) is 9.42. The van der Waals surface area contributed by atoms with Gasteiger partial charge in [-0.25, -0.2) is 0 Å². The summed E-state index contributed by atoms with van der Waals surface area (Å²) in [4.78, 5) is 4.86. The Morgan fingerprint density at radius 2 is 1.35 bits per heavy atom. The van der Waals surface area contributed by atoms with Crippen molar-refractivity contribution in [2.45, 2.75) is 6.42 Å². The van der Waals surface area contributed by atoms with Crippen LogP contribution in [0.2, 0.25) is 0 Å². The molecule has 0 unspecified atom stereocenters. The molecule has 0 aromatic heterocycles. The molecule has 0 saturated heterocycles. The SMILES string of the molecule is Brc1ccc2c(c1)N(c1ccccc1)c1cc3cccc4c3c(c1N2c1ccccc1)CC=C4. The zero-order valence-electron chi connectivity index (χ0n) is 18.4. The van der Waals surface area contributed by atoms with Crippen LogP contribution < -0.4 is 9.80 Å². The lowest BCUT2D eigenvalue weighted by atomic mass is 9.88. The van der Waals surface area contributed by atoms with Crippen molar-refractivity contribution in [1.29, 1.82) is 0 Å². The summed E-state index contributed by atoms with van der Waals surface area (Å²) in [5.74, 6) is 0. The van der Waals surface area contributed by atoms with Crippen molar-refractivity contribution in [1.82, 2.24) is 0 Å². The molecule has 3 heteroatoms. The molecule has 34 heavy (non-hydrogen) atoms. The Hall–Kier alpha value is -3.82. The number of rotatable bonds is 2. The van der Waals surface area contributed by atoms with Gasteiger partial charge in [-0.3, -0.25) is 0 Å². The Morgan fingerprint density at radius 3 is 2.12 bits per heavy atom. The van der Waals surface area contributed by atoms with E-state index in [4.69, 9.17) is 0 Å². The third-order valence-electron chi connectivity index (χ3n) is 6.78. The van der Waals surface area contributed by atoms with Crippen LogP contribution in [0.15, 0.2) is 114 Å². The van der Waals surface area contributed by atoms with E-state index in [9.17, 15) is 0 Å². The standard InChI is InChI=1S/C31H21BrN2/c32-23-17-18-27-28(20-23)33(24-12-3-1-4-13-24)29-19-22-11-7-9-21-10-8-16-26(30(21)22)31(29)34(27)25-14-5-2-6-15-25/h1-15,17-20H,16H2. The van der Waals surface area contributed by atoms with Gasteiger partial charge in [0.15, 0.2) is 0 Å². The summed E-state index contributed by atoms with van der Waals surface area (Å²) >= 11 is 3.74. The molecule has 0 spiro atoms. The zero-order chi connectivity index (χ0) is 22.6. The molecule has 0 N–H and O–H groups in total. The molecule has 5 aromatic carbocycles. The predicted molar refractivity (Wildman–Crippen MR) is 147 cm³/mol. The van der Waals surface area contributed by atoms with E-state index in [1.807, 2.05) is 0 Å². The average molecular weight is 501 g/mol. The lowest BCUT2D eigenvalue weighted by Crippen LogP contribution is -2.25. The monoisotopic (exact) mass is 500 g/mol. The maximum absolute atomic E-state index is 3.74. The lowest BCUT2D eigenvalue weighted by molar-refractivity contribution is 1.14. The first-order chi connectivity index (χ1) is 16.8. The van der Waals surface area contributed by atoms with Gasteiger partial charge in [-0.2, -0.15) is 0 Å². The highest BCUT2D eigenvalue weighted by molar-refractivity contribution is 9.10. The molecule has 1 aliphatic carbocycles. The minimum Gasteiger partial charge on any atom is -0.306 e. The van der Waals surface area contributed by atoms with Crippen molar-refractivity contribution in [2.75, 3.05) is 9.80 Å². The highest BCUT2D eigenvalue weighted by atomic mass is 79.9. The van der Waals surface area contributed by atoms with Crippen LogP contribution in [-0.2, 0) is 6.42 Å². The van der Waals surface area contributed by atoms with E-state index in [-0.39, 0.29) is 0 Å². The number of anilines is 6. The average Bonchev–Trinajstić information content (AvgIpc) is 2.89. The number of para-hydroxylation sites is 2. The summed E-state index contributed by atoms with van der Waals surface area (Å²) in [6.45, 7) is 0. The highest BCUT2D eigenvalue weighted by Gasteiger charge is 2.34. The molecule has 2 nitrogen and oxygen atoms in total. The third kappa shape index (κ3) is 2.87. The van der Waals surface area contributed by atoms with E-state index < -0.39 is 0 Å². The van der Waals surface area contributed by atoms with Crippen molar-refractivity contribution < 1.29 is 0 Å². The van der Waals surface area contributed by atoms with Crippen LogP contribution in [0.5, 0.6) is 0 Å². The first kappa shape index (κ1) is 19.6. The Morgan fingerprint density at radius 1 is 0.618 bits per heavy atom. The second-order valence-electron chi connectivity index (χ2n) is 8.75. The van der Waals surface area contributed by atoms with Crippen LogP contribution in [0.1, 0.15) is 11.1 Å². The molecule has 0 bridgehead atoms. The number of hydrogen-bond acceptors (Lipinski definition) is 2. The number of fused-ring (bicyclic) bond motifs is 3. The van der Waals surface area contributed by atoms with Crippen LogP contribution in [0.3, 0.4) is 0 Å². The van der Waals surface area contributed by atoms with Gasteiger partial charge < -0.3 is 9.80 Å². The molecule has 0 radical (unpaired) electrons. The van der Waals surface area contributed by atoms with Gasteiger partial charge in [0.05, 0.1) is 22.7 Å². The number of nitrogens with zero attached hydrogens (tertiary/aromatic N) is 2. The summed E-state index contributed by atoms with van der Waals surface area (Å²) < 4.78 is 1.07. The largest absolute Gasteiger partial charge is 0.306 e. The second kappa shape index (κ2) is 7.61. The number of halogens is 1. The van der Waals surface area contributed by atoms with Crippen molar-refractivity contribution >= 4 is 66.9 Å². The highest BCUT2D eigenvalue weighted by Crippen LogP contribution is 2.57. The molecule has 1 aliphatic heterocycles. The van der Waals surface area contributed by atoms with Gasteiger partial charge in [-0.05, 0) is 76.9 Å². The number of allylic oxidation sites excluding steroid dienone is 1. The van der Waals surface area contributed by atoms with Gasteiger partial charge in [-0.1, -0.05) is 82.7 Å². The minimum absolute atomic E-state index is 0.911. The van der Waals surface area contributed by atoms with Gasteiger partial charge in [0, 0.05) is 15.8 Å². The van der Waals surface area contributed by atoms with E-state index in [1.54, 1.807) is 0 Å². The number of benzene rings is 5. The van der Waals surface area contributed by atoms with E-state index in [2.05, 4.69) is 141 Å². The van der Waals surface area contributed by atoms with E-state index >= 15 is 0 Å². The van der Waals surface area contributed by atoms with Crippen molar-refractivity contribution in [2.24, 2.45) is 0 Å². The first-order valence-electron chi connectivity index (χ1n) is 11.5.